The fraction of sp³-hybridized carbons (Fsp3) is 0.211. The molecule has 0 aliphatic carbocycles. The van der Waals surface area contributed by atoms with Gasteiger partial charge in [0.25, 0.3) is 0 Å². The highest BCUT2D eigenvalue weighted by Gasteiger charge is 1.99. The molecule has 1 N–H and O–H groups in total. The smallest absolute Gasteiger partial charge is 0.244 e. The molecule has 0 fully saturated rings. The number of carbonyl (C=O) groups is 1. The molecule has 4 heteroatoms. The van der Waals surface area contributed by atoms with Gasteiger partial charge in [0.2, 0.25) is 5.91 Å². The highest BCUT2D eigenvalue weighted by molar-refractivity contribution is 7.98. The van der Waals surface area contributed by atoms with Gasteiger partial charge < -0.3 is 5.32 Å². The first-order valence-electron chi connectivity index (χ1n) is 7.49. The monoisotopic (exact) mass is 345 g/mol. The summed E-state index contributed by atoms with van der Waals surface area (Å²) in [5.74, 6) is 1.76. The number of rotatable bonds is 7. The number of hydrogen-bond donors (Lipinski definition) is 1. The lowest BCUT2D eigenvalue weighted by molar-refractivity contribution is -0.116. The van der Waals surface area contributed by atoms with Crippen LogP contribution in [0, 0.1) is 6.92 Å². The number of nitrogens with one attached hydrogen (secondary N) is 1. The Balaban J connectivity index is 1.67. The molecule has 2 rings (SSSR count). The molecule has 0 aromatic heterocycles. The molecule has 2 aromatic carbocycles. The quantitative estimate of drug-likeness (QED) is 0.581. The van der Waals surface area contributed by atoms with Gasteiger partial charge >= 0.3 is 0 Å². The second-order valence-corrected chi connectivity index (χ2v) is 6.64. The van der Waals surface area contributed by atoms with Crippen LogP contribution in [-0.4, -0.2) is 18.2 Å². The van der Waals surface area contributed by atoms with E-state index in [0.29, 0.717) is 11.6 Å². The Labute approximate surface area is 146 Å². The SMILES string of the molecule is Cc1ccccc1CSCCNC(=O)/C=C/c1ccccc1Cl. The van der Waals surface area contributed by atoms with E-state index in [1.54, 1.807) is 12.1 Å². The van der Waals surface area contributed by atoms with E-state index < -0.39 is 0 Å². The lowest BCUT2D eigenvalue weighted by Gasteiger charge is -2.05. The molecular formula is C19H20ClNOS. The van der Waals surface area contributed by atoms with E-state index in [2.05, 4.69) is 36.5 Å². The van der Waals surface area contributed by atoms with E-state index in [9.17, 15) is 4.79 Å². The van der Waals surface area contributed by atoms with Crippen LogP contribution in [0.15, 0.2) is 54.6 Å². The first-order chi connectivity index (χ1) is 11.2. The molecule has 0 bridgehead atoms. The van der Waals surface area contributed by atoms with Crippen LogP contribution in [0.5, 0.6) is 0 Å². The van der Waals surface area contributed by atoms with Gasteiger partial charge in [-0.2, -0.15) is 11.8 Å². The van der Waals surface area contributed by atoms with E-state index in [1.165, 1.54) is 17.2 Å². The van der Waals surface area contributed by atoms with Crippen LogP contribution in [0.1, 0.15) is 16.7 Å². The molecule has 0 saturated heterocycles. The van der Waals surface area contributed by atoms with Gasteiger partial charge in [0.05, 0.1) is 0 Å². The molecule has 0 aliphatic heterocycles. The van der Waals surface area contributed by atoms with Gasteiger partial charge in [-0.1, -0.05) is 54.1 Å². The zero-order chi connectivity index (χ0) is 16.5. The van der Waals surface area contributed by atoms with Crippen molar-refractivity contribution in [1.29, 1.82) is 0 Å². The predicted octanol–water partition coefficient (Wildman–Crippen LogP) is 4.71. The minimum atomic E-state index is -0.0959. The second kappa shape index (κ2) is 9.43. The van der Waals surface area contributed by atoms with E-state index in [4.69, 9.17) is 11.6 Å². The topological polar surface area (TPSA) is 29.1 Å². The Morgan fingerprint density at radius 2 is 1.91 bits per heavy atom. The number of thioether (sulfide) groups is 1. The number of carbonyl (C=O) groups excluding carboxylic acids is 1. The number of halogens is 1. The third-order valence-corrected chi connectivity index (χ3v) is 4.74. The van der Waals surface area contributed by atoms with Crippen molar-refractivity contribution in [2.24, 2.45) is 0 Å². The Hall–Kier alpha value is -1.71. The minimum absolute atomic E-state index is 0.0959. The molecule has 120 valence electrons. The van der Waals surface area contributed by atoms with E-state index >= 15 is 0 Å². The van der Waals surface area contributed by atoms with Crippen molar-refractivity contribution in [1.82, 2.24) is 5.32 Å². The summed E-state index contributed by atoms with van der Waals surface area (Å²) in [6, 6.07) is 15.8. The summed E-state index contributed by atoms with van der Waals surface area (Å²) < 4.78 is 0. The average Bonchev–Trinajstić information content (AvgIpc) is 2.55. The standard InChI is InChI=1S/C19H20ClNOS/c1-15-6-2-3-8-17(15)14-23-13-12-21-19(22)11-10-16-7-4-5-9-18(16)20/h2-11H,12-14H2,1H3,(H,21,22)/b11-10+. The highest BCUT2D eigenvalue weighted by atomic mass is 35.5. The molecule has 0 aliphatic rings. The van der Waals surface area contributed by atoms with Gasteiger partial charge in [-0.3, -0.25) is 4.79 Å². The van der Waals surface area contributed by atoms with Crippen molar-refractivity contribution in [3.63, 3.8) is 0 Å². The van der Waals surface area contributed by atoms with Crippen LogP contribution < -0.4 is 5.32 Å². The number of aryl methyl sites for hydroxylation is 1. The molecule has 1 amide bonds. The van der Waals surface area contributed by atoms with Gasteiger partial charge in [-0.05, 0) is 35.8 Å². The Morgan fingerprint density at radius 3 is 2.70 bits per heavy atom. The molecule has 2 aromatic rings. The van der Waals surface area contributed by atoms with Crippen molar-refractivity contribution < 1.29 is 4.79 Å². The van der Waals surface area contributed by atoms with Crippen LogP contribution in [0.2, 0.25) is 5.02 Å². The van der Waals surface area contributed by atoms with Gasteiger partial charge in [-0.25, -0.2) is 0 Å². The average molecular weight is 346 g/mol. The van der Waals surface area contributed by atoms with Crippen molar-refractivity contribution in [3.05, 3.63) is 76.3 Å². The van der Waals surface area contributed by atoms with Crippen LogP contribution >= 0.6 is 23.4 Å². The first kappa shape index (κ1) is 17.6. The summed E-state index contributed by atoms with van der Waals surface area (Å²) in [5, 5.41) is 3.53. The van der Waals surface area contributed by atoms with E-state index in [0.717, 1.165) is 17.1 Å². The molecule has 0 atom stereocenters. The van der Waals surface area contributed by atoms with Gasteiger partial charge in [-0.15, -0.1) is 0 Å². The second-order valence-electron chi connectivity index (χ2n) is 5.12. The highest BCUT2D eigenvalue weighted by Crippen LogP contribution is 2.16. The maximum absolute atomic E-state index is 11.8. The lowest BCUT2D eigenvalue weighted by atomic mass is 10.1. The van der Waals surface area contributed by atoms with Gasteiger partial charge in [0, 0.05) is 29.1 Å². The largest absolute Gasteiger partial charge is 0.352 e. The lowest BCUT2D eigenvalue weighted by Crippen LogP contribution is -2.23. The van der Waals surface area contributed by atoms with Crippen LogP contribution in [0.4, 0.5) is 0 Å². The third-order valence-electron chi connectivity index (χ3n) is 3.38. The normalized spacial score (nSPS) is 10.9. The number of hydrogen-bond acceptors (Lipinski definition) is 2. The summed E-state index contributed by atoms with van der Waals surface area (Å²) in [6.45, 7) is 2.78. The zero-order valence-electron chi connectivity index (χ0n) is 13.1. The zero-order valence-corrected chi connectivity index (χ0v) is 14.7. The Bertz CT molecular complexity index is 685. The number of benzene rings is 2. The third kappa shape index (κ3) is 6.12. The molecule has 0 radical (unpaired) electrons. The molecular weight excluding hydrogens is 326 g/mol. The molecule has 0 heterocycles. The summed E-state index contributed by atoms with van der Waals surface area (Å²) in [5.41, 5.74) is 3.51. The molecule has 0 saturated carbocycles. The fourth-order valence-electron chi connectivity index (χ4n) is 2.04. The van der Waals surface area contributed by atoms with Crippen LogP contribution in [0.3, 0.4) is 0 Å². The molecule has 2 nitrogen and oxygen atoms in total. The van der Waals surface area contributed by atoms with E-state index in [-0.39, 0.29) is 5.91 Å². The van der Waals surface area contributed by atoms with Crippen LogP contribution in [-0.2, 0) is 10.5 Å². The fourth-order valence-corrected chi connectivity index (χ4v) is 3.17. The summed E-state index contributed by atoms with van der Waals surface area (Å²) in [6.07, 6.45) is 3.26. The summed E-state index contributed by atoms with van der Waals surface area (Å²) in [7, 11) is 0. The minimum Gasteiger partial charge on any atom is -0.352 e. The van der Waals surface area contributed by atoms with Gasteiger partial charge in [0.15, 0.2) is 0 Å². The maximum atomic E-state index is 11.8. The maximum Gasteiger partial charge on any atom is 0.244 e. The molecule has 0 spiro atoms. The van der Waals surface area contributed by atoms with Crippen molar-refractivity contribution in [3.8, 4) is 0 Å². The van der Waals surface area contributed by atoms with Crippen molar-refractivity contribution in [2.75, 3.05) is 12.3 Å². The molecule has 23 heavy (non-hydrogen) atoms. The summed E-state index contributed by atoms with van der Waals surface area (Å²) in [4.78, 5) is 11.8. The summed E-state index contributed by atoms with van der Waals surface area (Å²) >= 11 is 7.86. The first-order valence-corrected chi connectivity index (χ1v) is 9.03. The van der Waals surface area contributed by atoms with Gasteiger partial charge in [0.1, 0.15) is 0 Å². The van der Waals surface area contributed by atoms with Crippen LogP contribution in [0.25, 0.3) is 6.08 Å². The molecule has 0 unspecified atom stereocenters. The predicted molar refractivity (Wildman–Crippen MR) is 101 cm³/mol. The van der Waals surface area contributed by atoms with E-state index in [1.807, 2.05) is 30.0 Å². The Morgan fingerprint density at radius 1 is 1.17 bits per heavy atom. The number of amides is 1. The van der Waals surface area contributed by atoms with Crippen molar-refractivity contribution >= 4 is 35.3 Å². The Kier molecular flexibility index (Phi) is 7.24. The van der Waals surface area contributed by atoms with Crippen molar-refractivity contribution in [2.45, 2.75) is 12.7 Å².